The Morgan fingerprint density at radius 3 is 3.17 bits per heavy atom. The molecule has 1 atom stereocenters. The minimum atomic E-state index is -0.722. The Balaban J connectivity index is 1.94. The maximum absolute atomic E-state index is 11.1. The van der Waals surface area contributed by atoms with Crippen LogP contribution >= 0.6 is 0 Å². The number of carbonyl (C=O) groups is 1. The van der Waals surface area contributed by atoms with E-state index < -0.39 is 5.97 Å². The van der Waals surface area contributed by atoms with Crippen LogP contribution in [0.5, 0.6) is 0 Å². The molecule has 6 heteroatoms. The number of hydrogen-bond acceptors (Lipinski definition) is 4. The van der Waals surface area contributed by atoms with Gasteiger partial charge in [0.15, 0.2) is 5.82 Å². The fourth-order valence-corrected chi connectivity index (χ4v) is 2.46. The third-order valence-corrected chi connectivity index (χ3v) is 3.37. The summed E-state index contributed by atoms with van der Waals surface area (Å²) in [7, 11) is 0. The molecule has 18 heavy (non-hydrogen) atoms. The lowest BCUT2D eigenvalue weighted by atomic mass is 9.98. The van der Waals surface area contributed by atoms with E-state index in [0.717, 1.165) is 30.7 Å². The first-order valence-corrected chi connectivity index (χ1v) is 6.02. The zero-order valence-corrected chi connectivity index (χ0v) is 9.86. The Labute approximate surface area is 104 Å². The van der Waals surface area contributed by atoms with Crippen molar-refractivity contribution in [3.63, 3.8) is 0 Å². The molecule has 6 nitrogen and oxygen atoms in total. The van der Waals surface area contributed by atoms with Gasteiger partial charge >= 0.3 is 5.97 Å². The maximum Gasteiger partial charge on any atom is 0.308 e. The normalized spacial score (nSPS) is 20.2. The lowest BCUT2D eigenvalue weighted by Crippen LogP contribution is -2.39. The van der Waals surface area contributed by atoms with Gasteiger partial charge in [-0.05, 0) is 18.9 Å². The predicted molar refractivity (Wildman–Crippen MR) is 65.6 cm³/mol. The van der Waals surface area contributed by atoms with Crippen molar-refractivity contribution in [1.82, 2.24) is 14.6 Å². The van der Waals surface area contributed by atoms with Crippen LogP contribution in [0.25, 0.3) is 5.52 Å². The summed E-state index contributed by atoms with van der Waals surface area (Å²) in [6.45, 7) is 1.37. The molecule has 3 heterocycles. The fraction of sp³-hybridized carbons (Fsp3) is 0.417. The van der Waals surface area contributed by atoms with Crippen molar-refractivity contribution in [3.05, 3.63) is 24.7 Å². The van der Waals surface area contributed by atoms with Crippen molar-refractivity contribution >= 4 is 17.3 Å². The SMILES string of the molecule is O=C(O)[C@H]1CCCN(c2nccn3nccc23)C1. The number of fused-ring (bicyclic) bond motifs is 1. The average molecular weight is 246 g/mol. The van der Waals surface area contributed by atoms with Gasteiger partial charge in [-0.3, -0.25) is 4.79 Å². The summed E-state index contributed by atoms with van der Waals surface area (Å²) in [4.78, 5) is 17.5. The largest absolute Gasteiger partial charge is 0.481 e. The zero-order chi connectivity index (χ0) is 12.5. The van der Waals surface area contributed by atoms with E-state index in [2.05, 4.69) is 10.1 Å². The van der Waals surface area contributed by atoms with Gasteiger partial charge in [-0.15, -0.1) is 0 Å². The van der Waals surface area contributed by atoms with E-state index in [1.165, 1.54) is 0 Å². The first kappa shape index (κ1) is 11.0. The van der Waals surface area contributed by atoms with Crippen LogP contribution in [0.3, 0.4) is 0 Å². The molecule has 1 saturated heterocycles. The monoisotopic (exact) mass is 246 g/mol. The summed E-state index contributed by atoms with van der Waals surface area (Å²) in [6, 6.07) is 1.90. The minimum Gasteiger partial charge on any atom is -0.481 e. The van der Waals surface area contributed by atoms with E-state index >= 15 is 0 Å². The number of rotatable bonds is 2. The molecule has 0 spiro atoms. The minimum absolute atomic E-state index is 0.302. The summed E-state index contributed by atoms with van der Waals surface area (Å²) in [5.74, 6) is -0.204. The molecular weight excluding hydrogens is 232 g/mol. The Morgan fingerprint density at radius 1 is 1.44 bits per heavy atom. The molecule has 94 valence electrons. The molecule has 0 aromatic carbocycles. The standard InChI is InChI=1S/C12H14N4O2/c17-12(18)9-2-1-6-15(8-9)11-10-3-4-14-16(10)7-5-13-11/h3-5,7,9H,1-2,6,8H2,(H,17,18)/t9-/m0/s1. The third kappa shape index (κ3) is 1.79. The van der Waals surface area contributed by atoms with E-state index in [9.17, 15) is 4.79 Å². The van der Waals surface area contributed by atoms with Crippen LogP contribution in [0.15, 0.2) is 24.7 Å². The second-order valence-corrected chi connectivity index (χ2v) is 4.54. The lowest BCUT2D eigenvalue weighted by molar-refractivity contribution is -0.141. The quantitative estimate of drug-likeness (QED) is 0.857. The van der Waals surface area contributed by atoms with Gasteiger partial charge in [0.2, 0.25) is 0 Å². The molecule has 1 fully saturated rings. The van der Waals surface area contributed by atoms with Crippen LogP contribution < -0.4 is 4.90 Å². The number of piperidine rings is 1. The number of aliphatic carboxylic acids is 1. The van der Waals surface area contributed by atoms with Gasteiger partial charge in [0.25, 0.3) is 0 Å². The second kappa shape index (κ2) is 4.29. The topological polar surface area (TPSA) is 70.7 Å². The van der Waals surface area contributed by atoms with Crippen LogP contribution in [0, 0.1) is 5.92 Å². The van der Waals surface area contributed by atoms with Crippen LogP contribution in [-0.2, 0) is 4.79 Å². The van der Waals surface area contributed by atoms with Crippen molar-refractivity contribution in [1.29, 1.82) is 0 Å². The van der Waals surface area contributed by atoms with E-state index in [1.54, 1.807) is 23.1 Å². The maximum atomic E-state index is 11.1. The van der Waals surface area contributed by atoms with Crippen molar-refractivity contribution < 1.29 is 9.90 Å². The molecule has 0 aliphatic carbocycles. The Hall–Kier alpha value is -2.11. The van der Waals surface area contributed by atoms with Crippen molar-refractivity contribution in [2.75, 3.05) is 18.0 Å². The first-order chi connectivity index (χ1) is 8.75. The van der Waals surface area contributed by atoms with Gasteiger partial charge in [-0.2, -0.15) is 5.10 Å². The van der Waals surface area contributed by atoms with Crippen molar-refractivity contribution in [2.45, 2.75) is 12.8 Å². The van der Waals surface area contributed by atoms with Gasteiger partial charge in [-0.1, -0.05) is 0 Å². The molecule has 3 rings (SSSR count). The van der Waals surface area contributed by atoms with Gasteiger partial charge in [0.05, 0.1) is 12.1 Å². The Morgan fingerprint density at radius 2 is 2.33 bits per heavy atom. The number of nitrogens with zero attached hydrogens (tertiary/aromatic N) is 4. The molecule has 2 aromatic rings. The molecule has 1 aliphatic rings. The molecular formula is C12H14N4O2. The predicted octanol–water partition coefficient (Wildman–Crippen LogP) is 1.03. The Kier molecular flexibility index (Phi) is 2.62. The molecule has 1 aliphatic heterocycles. The number of aromatic nitrogens is 3. The zero-order valence-electron chi connectivity index (χ0n) is 9.86. The Bertz CT molecular complexity index is 580. The van der Waals surface area contributed by atoms with E-state index in [0.29, 0.717) is 6.54 Å². The summed E-state index contributed by atoms with van der Waals surface area (Å²) in [6.07, 6.45) is 6.83. The highest BCUT2D eigenvalue weighted by Crippen LogP contribution is 2.24. The van der Waals surface area contributed by atoms with Gasteiger partial charge in [0.1, 0.15) is 5.52 Å². The van der Waals surface area contributed by atoms with Crippen LogP contribution in [0.4, 0.5) is 5.82 Å². The smallest absolute Gasteiger partial charge is 0.308 e. The summed E-state index contributed by atoms with van der Waals surface area (Å²) in [5.41, 5.74) is 0.920. The number of anilines is 1. The van der Waals surface area contributed by atoms with Crippen LogP contribution in [0.2, 0.25) is 0 Å². The van der Waals surface area contributed by atoms with E-state index in [1.807, 2.05) is 11.0 Å². The third-order valence-electron chi connectivity index (χ3n) is 3.37. The first-order valence-electron chi connectivity index (χ1n) is 6.02. The van der Waals surface area contributed by atoms with Gasteiger partial charge in [-0.25, -0.2) is 9.50 Å². The highest BCUT2D eigenvalue weighted by molar-refractivity contribution is 5.73. The highest BCUT2D eigenvalue weighted by atomic mass is 16.4. The summed E-state index contributed by atoms with van der Waals surface area (Å²) >= 11 is 0. The molecule has 0 saturated carbocycles. The molecule has 0 bridgehead atoms. The average Bonchev–Trinajstić information content (AvgIpc) is 2.87. The second-order valence-electron chi connectivity index (χ2n) is 4.54. The van der Waals surface area contributed by atoms with Crippen LogP contribution in [0.1, 0.15) is 12.8 Å². The molecule has 1 N–H and O–H groups in total. The number of carboxylic acid groups (broad SMARTS) is 1. The summed E-state index contributed by atoms with van der Waals surface area (Å²) < 4.78 is 1.76. The van der Waals surface area contributed by atoms with Crippen LogP contribution in [-0.4, -0.2) is 38.8 Å². The van der Waals surface area contributed by atoms with Gasteiger partial charge in [0, 0.05) is 25.5 Å². The van der Waals surface area contributed by atoms with E-state index in [4.69, 9.17) is 5.11 Å². The molecule has 2 aromatic heterocycles. The van der Waals surface area contributed by atoms with Crippen molar-refractivity contribution in [3.8, 4) is 0 Å². The molecule has 0 amide bonds. The lowest BCUT2D eigenvalue weighted by Gasteiger charge is -2.31. The number of carboxylic acids is 1. The van der Waals surface area contributed by atoms with Crippen molar-refractivity contribution in [2.24, 2.45) is 5.92 Å². The molecule has 0 unspecified atom stereocenters. The van der Waals surface area contributed by atoms with E-state index in [-0.39, 0.29) is 5.92 Å². The van der Waals surface area contributed by atoms with Gasteiger partial charge < -0.3 is 10.0 Å². The highest BCUT2D eigenvalue weighted by Gasteiger charge is 2.27. The summed E-state index contributed by atoms with van der Waals surface area (Å²) in [5, 5.41) is 13.3. The number of hydrogen-bond donors (Lipinski definition) is 1. The molecule has 0 radical (unpaired) electrons. The fourth-order valence-electron chi connectivity index (χ4n) is 2.46.